The molecule has 1 aromatic carbocycles. The number of carbonyl (C=O) groups is 3. The van der Waals surface area contributed by atoms with E-state index in [0.717, 1.165) is 6.42 Å². The number of nitrogens with one attached hydrogen (secondary N) is 1. The van der Waals surface area contributed by atoms with Crippen molar-refractivity contribution in [1.29, 1.82) is 0 Å². The maximum atomic E-state index is 12.6. The quantitative estimate of drug-likeness (QED) is 0.261. The number of carbonyl (C=O) groups excluding carboxylic acids is 3. The number of rotatable bonds is 8. The summed E-state index contributed by atoms with van der Waals surface area (Å²) in [5, 5.41) is 2.72. The fourth-order valence-corrected chi connectivity index (χ4v) is 3.00. The predicted molar refractivity (Wildman–Crippen MR) is 98.4 cm³/mol. The SMILES string of the molecule is NC(N)=NCCC[C@@H](C=O)NC(=O)[C@@H]1CCCN1C(=O)c1ccccc1. The highest BCUT2D eigenvalue weighted by Gasteiger charge is 2.35. The van der Waals surface area contributed by atoms with Gasteiger partial charge in [0.05, 0.1) is 6.04 Å². The molecule has 1 aromatic rings. The lowest BCUT2D eigenvalue weighted by molar-refractivity contribution is -0.127. The number of nitrogens with two attached hydrogens (primary N) is 2. The van der Waals surface area contributed by atoms with Gasteiger partial charge in [-0.2, -0.15) is 0 Å². The Kier molecular flexibility index (Phi) is 7.13. The molecule has 26 heavy (non-hydrogen) atoms. The zero-order chi connectivity index (χ0) is 18.9. The zero-order valence-electron chi connectivity index (χ0n) is 14.6. The van der Waals surface area contributed by atoms with Crippen molar-refractivity contribution in [2.75, 3.05) is 13.1 Å². The molecule has 0 spiro atoms. The van der Waals surface area contributed by atoms with Gasteiger partial charge in [0.25, 0.3) is 5.91 Å². The summed E-state index contributed by atoms with van der Waals surface area (Å²) in [6, 6.07) is 7.70. The molecule has 1 saturated heterocycles. The number of hydrogen-bond donors (Lipinski definition) is 3. The standard InChI is InChI=1S/C18H25N5O3/c19-18(20)21-10-4-8-14(12-24)22-16(25)15-9-5-11-23(15)17(26)13-6-2-1-3-7-13/h1-3,6-7,12,14-15H,4-5,8-11H2,(H,22,25)(H4,19,20,21)/t14-,15-/m0/s1. The van der Waals surface area contributed by atoms with Crippen LogP contribution in [0, 0.1) is 0 Å². The minimum Gasteiger partial charge on any atom is -0.370 e. The minimum absolute atomic E-state index is 0.00212. The smallest absolute Gasteiger partial charge is 0.254 e. The topological polar surface area (TPSA) is 131 Å². The molecule has 2 rings (SSSR count). The van der Waals surface area contributed by atoms with Crippen LogP contribution >= 0.6 is 0 Å². The van der Waals surface area contributed by atoms with Crippen molar-refractivity contribution in [2.24, 2.45) is 16.5 Å². The minimum atomic E-state index is -0.619. The van der Waals surface area contributed by atoms with Gasteiger partial charge in [-0.25, -0.2) is 0 Å². The van der Waals surface area contributed by atoms with Gasteiger partial charge in [0.2, 0.25) is 5.91 Å². The van der Waals surface area contributed by atoms with Gasteiger partial charge in [-0.05, 0) is 37.8 Å². The second-order valence-electron chi connectivity index (χ2n) is 6.22. The molecule has 1 aliphatic rings. The third-order valence-electron chi connectivity index (χ3n) is 4.30. The second-order valence-corrected chi connectivity index (χ2v) is 6.22. The third kappa shape index (κ3) is 5.30. The van der Waals surface area contributed by atoms with Gasteiger partial charge < -0.3 is 26.5 Å². The Labute approximate surface area is 152 Å². The summed E-state index contributed by atoms with van der Waals surface area (Å²) in [7, 11) is 0. The summed E-state index contributed by atoms with van der Waals surface area (Å²) in [6.45, 7) is 0.923. The van der Waals surface area contributed by atoms with Crippen molar-refractivity contribution in [3.8, 4) is 0 Å². The lowest BCUT2D eigenvalue weighted by atomic mass is 10.1. The molecule has 140 valence electrons. The van der Waals surface area contributed by atoms with Crippen molar-refractivity contribution in [3.63, 3.8) is 0 Å². The number of aliphatic imine (C=N–C) groups is 1. The number of benzene rings is 1. The van der Waals surface area contributed by atoms with E-state index in [4.69, 9.17) is 11.5 Å². The summed E-state index contributed by atoms with van der Waals surface area (Å²) < 4.78 is 0. The number of aldehydes is 1. The van der Waals surface area contributed by atoms with Gasteiger partial charge >= 0.3 is 0 Å². The molecule has 0 bridgehead atoms. The number of guanidine groups is 1. The first kappa shape index (κ1) is 19.4. The molecule has 2 atom stereocenters. The van der Waals surface area contributed by atoms with Crippen LogP contribution in [0.3, 0.4) is 0 Å². The first-order valence-corrected chi connectivity index (χ1v) is 8.70. The lowest BCUT2D eigenvalue weighted by Gasteiger charge is -2.25. The maximum Gasteiger partial charge on any atom is 0.254 e. The van der Waals surface area contributed by atoms with E-state index >= 15 is 0 Å². The molecule has 0 radical (unpaired) electrons. The van der Waals surface area contributed by atoms with Crippen molar-refractivity contribution in [1.82, 2.24) is 10.2 Å². The van der Waals surface area contributed by atoms with Crippen LogP contribution in [0.5, 0.6) is 0 Å². The monoisotopic (exact) mass is 359 g/mol. The molecule has 8 heteroatoms. The van der Waals surface area contributed by atoms with Crippen LogP contribution in [-0.2, 0) is 9.59 Å². The van der Waals surface area contributed by atoms with E-state index in [1.807, 2.05) is 6.07 Å². The number of hydrogen-bond acceptors (Lipinski definition) is 4. The molecule has 2 amide bonds. The molecule has 1 heterocycles. The van der Waals surface area contributed by atoms with Gasteiger partial charge in [-0.15, -0.1) is 0 Å². The second kappa shape index (κ2) is 9.55. The zero-order valence-corrected chi connectivity index (χ0v) is 14.6. The average Bonchev–Trinajstić information content (AvgIpc) is 3.13. The summed E-state index contributed by atoms with van der Waals surface area (Å²) in [5.74, 6) is -0.470. The Bertz CT molecular complexity index is 658. The molecule has 5 N–H and O–H groups in total. The molecule has 1 aliphatic heterocycles. The van der Waals surface area contributed by atoms with E-state index in [9.17, 15) is 14.4 Å². The van der Waals surface area contributed by atoms with Crippen LogP contribution < -0.4 is 16.8 Å². The predicted octanol–water partition coefficient (Wildman–Crippen LogP) is 0.0285. The highest BCUT2D eigenvalue weighted by Crippen LogP contribution is 2.20. The van der Waals surface area contributed by atoms with Gasteiger partial charge in [-0.1, -0.05) is 18.2 Å². The van der Waals surface area contributed by atoms with E-state index in [-0.39, 0.29) is 17.8 Å². The maximum absolute atomic E-state index is 12.6. The van der Waals surface area contributed by atoms with Crippen LogP contribution in [0.15, 0.2) is 35.3 Å². The van der Waals surface area contributed by atoms with Crippen molar-refractivity contribution < 1.29 is 14.4 Å². The van der Waals surface area contributed by atoms with Crippen molar-refractivity contribution in [2.45, 2.75) is 37.8 Å². The van der Waals surface area contributed by atoms with Gasteiger partial charge in [0.15, 0.2) is 5.96 Å². The van der Waals surface area contributed by atoms with Crippen LogP contribution in [0.25, 0.3) is 0 Å². The fraction of sp³-hybridized carbons (Fsp3) is 0.444. The van der Waals surface area contributed by atoms with E-state index < -0.39 is 12.1 Å². The van der Waals surface area contributed by atoms with E-state index in [1.54, 1.807) is 29.2 Å². The van der Waals surface area contributed by atoms with Crippen LogP contribution in [0.1, 0.15) is 36.0 Å². The summed E-state index contributed by atoms with van der Waals surface area (Å²) in [5.41, 5.74) is 11.0. The number of amides is 2. The van der Waals surface area contributed by atoms with Crippen LogP contribution in [0.2, 0.25) is 0 Å². The molecule has 0 aromatic heterocycles. The Morgan fingerprint density at radius 3 is 2.69 bits per heavy atom. The highest BCUT2D eigenvalue weighted by atomic mass is 16.2. The summed E-state index contributed by atoms with van der Waals surface area (Å²) in [4.78, 5) is 41.9. The molecular formula is C18H25N5O3. The van der Waals surface area contributed by atoms with Gasteiger partial charge in [0, 0.05) is 18.7 Å². The Morgan fingerprint density at radius 1 is 1.31 bits per heavy atom. The van der Waals surface area contributed by atoms with Crippen LogP contribution in [0.4, 0.5) is 0 Å². The van der Waals surface area contributed by atoms with Crippen molar-refractivity contribution >= 4 is 24.1 Å². The van der Waals surface area contributed by atoms with E-state index in [2.05, 4.69) is 10.3 Å². The first-order valence-electron chi connectivity index (χ1n) is 8.70. The van der Waals surface area contributed by atoms with E-state index in [1.165, 1.54) is 0 Å². The molecular weight excluding hydrogens is 334 g/mol. The Balaban J connectivity index is 1.93. The first-order chi connectivity index (χ1) is 12.5. The normalized spacial score (nSPS) is 17.4. The Hall–Kier alpha value is -2.90. The summed E-state index contributed by atoms with van der Waals surface area (Å²) in [6.07, 6.45) is 3.05. The molecule has 0 aliphatic carbocycles. The molecule has 0 unspecified atom stereocenters. The molecule has 1 fully saturated rings. The average molecular weight is 359 g/mol. The fourth-order valence-electron chi connectivity index (χ4n) is 3.00. The Morgan fingerprint density at radius 2 is 2.04 bits per heavy atom. The third-order valence-corrected chi connectivity index (χ3v) is 4.30. The van der Waals surface area contributed by atoms with Gasteiger partial charge in [0.1, 0.15) is 12.3 Å². The molecule has 8 nitrogen and oxygen atoms in total. The largest absolute Gasteiger partial charge is 0.370 e. The summed E-state index contributed by atoms with van der Waals surface area (Å²) >= 11 is 0. The lowest BCUT2D eigenvalue weighted by Crippen LogP contribution is -2.49. The number of likely N-dealkylation sites (tertiary alicyclic amines) is 1. The molecule has 0 saturated carbocycles. The number of nitrogens with zero attached hydrogens (tertiary/aromatic N) is 2. The van der Waals surface area contributed by atoms with Crippen molar-refractivity contribution in [3.05, 3.63) is 35.9 Å². The highest BCUT2D eigenvalue weighted by molar-refractivity contribution is 5.98. The van der Waals surface area contributed by atoms with Crippen LogP contribution in [-0.4, -0.2) is 54.1 Å². The van der Waals surface area contributed by atoms with Gasteiger partial charge in [-0.3, -0.25) is 14.6 Å². The van der Waals surface area contributed by atoms with E-state index in [0.29, 0.717) is 44.2 Å².